The molecule has 0 fully saturated rings. The van der Waals surface area contributed by atoms with Gasteiger partial charge in [-0.25, -0.2) is 9.97 Å². The summed E-state index contributed by atoms with van der Waals surface area (Å²) in [5.74, 6) is 1.91. The molecule has 0 aliphatic heterocycles. The summed E-state index contributed by atoms with van der Waals surface area (Å²) in [5, 5.41) is 3.34. The summed E-state index contributed by atoms with van der Waals surface area (Å²) in [7, 11) is 1.72. The van der Waals surface area contributed by atoms with Crippen molar-refractivity contribution in [1.29, 1.82) is 0 Å². The summed E-state index contributed by atoms with van der Waals surface area (Å²) in [6.07, 6.45) is 2.71. The molecule has 1 heterocycles. The van der Waals surface area contributed by atoms with Gasteiger partial charge in [-0.2, -0.15) is 0 Å². The smallest absolute Gasteiger partial charge is 0.137 e. The van der Waals surface area contributed by atoms with Crippen LogP contribution in [0, 0.1) is 6.92 Å². The molecule has 0 aliphatic carbocycles. The van der Waals surface area contributed by atoms with Crippen LogP contribution in [0.1, 0.15) is 32.8 Å². The Balaban J connectivity index is 2.95. The lowest BCUT2D eigenvalue weighted by Gasteiger charge is -2.29. The van der Waals surface area contributed by atoms with Crippen molar-refractivity contribution >= 4 is 11.6 Å². The number of anilines is 2. The molecule has 5 heteroatoms. The first-order chi connectivity index (χ1) is 9.11. The molecule has 0 aromatic carbocycles. The Bertz CT molecular complexity index is 382. The van der Waals surface area contributed by atoms with Crippen molar-refractivity contribution in [3.8, 4) is 0 Å². The van der Waals surface area contributed by atoms with Crippen molar-refractivity contribution in [3.63, 3.8) is 0 Å². The van der Waals surface area contributed by atoms with Crippen LogP contribution in [0.2, 0.25) is 0 Å². The molecule has 1 aromatic rings. The van der Waals surface area contributed by atoms with Crippen LogP contribution in [0.4, 0.5) is 11.6 Å². The van der Waals surface area contributed by atoms with Gasteiger partial charge >= 0.3 is 0 Å². The first kappa shape index (κ1) is 15.7. The minimum atomic E-state index is 0.378. The van der Waals surface area contributed by atoms with Gasteiger partial charge in [-0.1, -0.05) is 6.92 Å². The second-order valence-corrected chi connectivity index (χ2v) is 4.88. The van der Waals surface area contributed by atoms with Gasteiger partial charge in [-0.15, -0.1) is 0 Å². The molecule has 1 aromatic heterocycles. The van der Waals surface area contributed by atoms with Crippen molar-refractivity contribution < 1.29 is 4.74 Å². The highest BCUT2D eigenvalue weighted by Crippen LogP contribution is 2.23. The fraction of sp³-hybridized carbons (Fsp3) is 0.714. The van der Waals surface area contributed by atoms with E-state index in [1.54, 1.807) is 13.4 Å². The van der Waals surface area contributed by atoms with Gasteiger partial charge in [-0.3, -0.25) is 0 Å². The van der Waals surface area contributed by atoms with E-state index in [1.165, 1.54) is 0 Å². The molecule has 0 bridgehead atoms. The van der Waals surface area contributed by atoms with Crippen LogP contribution in [0.25, 0.3) is 0 Å². The van der Waals surface area contributed by atoms with E-state index in [4.69, 9.17) is 4.74 Å². The maximum atomic E-state index is 5.18. The number of nitrogens with one attached hydrogen (secondary N) is 1. The highest BCUT2D eigenvalue weighted by Gasteiger charge is 2.16. The van der Waals surface area contributed by atoms with Crippen molar-refractivity contribution in [1.82, 2.24) is 9.97 Å². The lowest BCUT2D eigenvalue weighted by atomic mass is 10.2. The molecule has 1 rings (SSSR count). The molecule has 5 nitrogen and oxygen atoms in total. The molecular weight excluding hydrogens is 240 g/mol. The lowest BCUT2D eigenvalue weighted by Crippen LogP contribution is -2.35. The number of hydrogen-bond acceptors (Lipinski definition) is 5. The van der Waals surface area contributed by atoms with Crippen molar-refractivity contribution in [3.05, 3.63) is 11.9 Å². The fourth-order valence-electron chi connectivity index (χ4n) is 1.95. The summed E-state index contributed by atoms with van der Waals surface area (Å²) in [6.45, 7) is 11.0. The van der Waals surface area contributed by atoms with Crippen LogP contribution in [0.3, 0.4) is 0 Å². The Morgan fingerprint density at radius 3 is 2.68 bits per heavy atom. The SMILES string of the molecule is CCCNc1ncnc(N(CCOC)C(C)C)c1C. The van der Waals surface area contributed by atoms with Crippen LogP contribution >= 0.6 is 0 Å². The number of hydrogen-bond donors (Lipinski definition) is 1. The van der Waals surface area contributed by atoms with Gasteiger partial charge in [0.25, 0.3) is 0 Å². The molecule has 0 saturated heterocycles. The average molecular weight is 266 g/mol. The Morgan fingerprint density at radius 1 is 1.37 bits per heavy atom. The van der Waals surface area contributed by atoms with Gasteiger partial charge in [0, 0.05) is 31.8 Å². The van der Waals surface area contributed by atoms with Crippen LogP contribution in [0.5, 0.6) is 0 Å². The lowest BCUT2D eigenvalue weighted by molar-refractivity contribution is 0.203. The van der Waals surface area contributed by atoms with Gasteiger partial charge < -0.3 is 15.0 Å². The summed E-state index contributed by atoms with van der Waals surface area (Å²) in [6, 6.07) is 0.378. The molecule has 0 radical (unpaired) electrons. The Morgan fingerprint density at radius 2 is 2.11 bits per heavy atom. The van der Waals surface area contributed by atoms with Crippen molar-refractivity contribution in [2.45, 2.75) is 40.2 Å². The van der Waals surface area contributed by atoms with E-state index in [1.807, 2.05) is 0 Å². The van der Waals surface area contributed by atoms with E-state index < -0.39 is 0 Å². The van der Waals surface area contributed by atoms with Crippen LogP contribution < -0.4 is 10.2 Å². The fourth-order valence-corrected chi connectivity index (χ4v) is 1.95. The summed E-state index contributed by atoms with van der Waals surface area (Å²) in [4.78, 5) is 11.0. The molecule has 108 valence electrons. The second-order valence-electron chi connectivity index (χ2n) is 4.88. The largest absolute Gasteiger partial charge is 0.383 e. The maximum Gasteiger partial charge on any atom is 0.137 e. The summed E-state index contributed by atoms with van der Waals surface area (Å²) >= 11 is 0. The highest BCUT2D eigenvalue weighted by atomic mass is 16.5. The van der Waals surface area contributed by atoms with E-state index in [2.05, 4.69) is 47.9 Å². The van der Waals surface area contributed by atoms with Gasteiger partial charge in [0.2, 0.25) is 0 Å². The Labute approximate surface area is 116 Å². The molecule has 0 spiro atoms. The topological polar surface area (TPSA) is 50.3 Å². The van der Waals surface area contributed by atoms with Gasteiger partial charge in [0.15, 0.2) is 0 Å². The highest BCUT2D eigenvalue weighted by molar-refractivity contribution is 5.58. The van der Waals surface area contributed by atoms with E-state index in [-0.39, 0.29) is 0 Å². The van der Waals surface area contributed by atoms with Gasteiger partial charge in [0.05, 0.1) is 6.61 Å². The molecule has 0 atom stereocenters. The Hall–Kier alpha value is -1.36. The second kappa shape index (κ2) is 7.94. The number of methoxy groups -OCH3 is 1. The number of nitrogens with zero attached hydrogens (tertiary/aromatic N) is 3. The molecule has 19 heavy (non-hydrogen) atoms. The number of ether oxygens (including phenoxy) is 1. The zero-order chi connectivity index (χ0) is 14.3. The first-order valence-electron chi connectivity index (χ1n) is 6.92. The first-order valence-corrected chi connectivity index (χ1v) is 6.92. The third-order valence-corrected chi connectivity index (χ3v) is 3.03. The minimum absolute atomic E-state index is 0.378. The molecule has 0 unspecified atom stereocenters. The summed E-state index contributed by atoms with van der Waals surface area (Å²) < 4.78 is 5.18. The molecule has 0 amide bonds. The number of aromatic nitrogens is 2. The van der Waals surface area contributed by atoms with E-state index >= 15 is 0 Å². The van der Waals surface area contributed by atoms with Crippen LogP contribution in [0.15, 0.2) is 6.33 Å². The van der Waals surface area contributed by atoms with Gasteiger partial charge in [-0.05, 0) is 27.2 Å². The average Bonchev–Trinajstić information content (AvgIpc) is 2.39. The summed E-state index contributed by atoms with van der Waals surface area (Å²) in [5.41, 5.74) is 1.10. The van der Waals surface area contributed by atoms with Crippen LogP contribution in [-0.4, -0.2) is 42.8 Å². The predicted molar refractivity (Wildman–Crippen MR) is 79.9 cm³/mol. The standard InChI is InChI=1S/C14H26N4O/c1-6-7-15-13-12(4)14(17-10-16-13)18(11(2)3)8-9-19-5/h10-11H,6-9H2,1-5H3,(H,15,16,17). The van der Waals surface area contributed by atoms with Gasteiger partial charge in [0.1, 0.15) is 18.0 Å². The normalized spacial score (nSPS) is 10.8. The monoisotopic (exact) mass is 266 g/mol. The zero-order valence-corrected chi connectivity index (χ0v) is 12.7. The minimum Gasteiger partial charge on any atom is -0.383 e. The zero-order valence-electron chi connectivity index (χ0n) is 12.7. The van der Waals surface area contributed by atoms with E-state index in [9.17, 15) is 0 Å². The number of rotatable bonds is 8. The third-order valence-electron chi connectivity index (χ3n) is 3.03. The molecule has 0 saturated carbocycles. The predicted octanol–water partition coefficient (Wildman–Crippen LogP) is 2.47. The molecule has 1 N–H and O–H groups in total. The quantitative estimate of drug-likeness (QED) is 0.783. The van der Waals surface area contributed by atoms with Crippen molar-refractivity contribution in [2.75, 3.05) is 37.0 Å². The Kier molecular flexibility index (Phi) is 6.56. The van der Waals surface area contributed by atoms with E-state index in [0.29, 0.717) is 12.6 Å². The molecule has 0 aliphatic rings. The maximum absolute atomic E-state index is 5.18. The van der Waals surface area contributed by atoms with Crippen molar-refractivity contribution in [2.24, 2.45) is 0 Å². The molecular formula is C14H26N4O. The third kappa shape index (κ3) is 4.35. The van der Waals surface area contributed by atoms with E-state index in [0.717, 1.165) is 36.7 Å². The van der Waals surface area contributed by atoms with Crippen LogP contribution in [-0.2, 0) is 4.74 Å².